The van der Waals surface area contributed by atoms with Gasteiger partial charge in [0.05, 0.1) is 12.2 Å². The molecule has 1 aliphatic heterocycles. The van der Waals surface area contributed by atoms with Crippen LogP contribution in [0.5, 0.6) is 0 Å². The van der Waals surface area contributed by atoms with Gasteiger partial charge in [-0.1, -0.05) is 51.1 Å². The largest absolute Gasteiger partial charge is 0.458 e. The highest BCUT2D eigenvalue weighted by molar-refractivity contribution is 5.69. The second-order valence-electron chi connectivity index (χ2n) is 9.36. The van der Waals surface area contributed by atoms with E-state index < -0.39 is 17.6 Å². The number of aryl methyl sites for hydroxylation is 1. The van der Waals surface area contributed by atoms with E-state index in [0.29, 0.717) is 25.7 Å². The Balaban J connectivity index is 2.34. The van der Waals surface area contributed by atoms with Gasteiger partial charge in [-0.2, -0.15) is 0 Å². The third kappa shape index (κ3) is 7.16. The van der Waals surface area contributed by atoms with Crippen LogP contribution in [0.1, 0.15) is 70.9 Å². The van der Waals surface area contributed by atoms with Crippen LogP contribution in [-0.2, 0) is 26.1 Å². The van der Waals surface area contributed by atoms with Crippen molar-refractivity contribution in [2.24, 2.45) is 5.92 Å². The SMILES string of the molecule is CC[C@H](/C=C(/C)C1C[C@@H](OC)C[C@H](O)C(C)(C)c2cccc(c2)CCCC(=O)O1)CO. The van der Waals surface area contributed by atoms with E-state index in [4.69, 9.17) is 9.47 Å². The van der Waals surface area contributed by atoms with Crippen molar-refractivity contribution < 1.29 is 24.5 Å². The Kier molecular flexibility index (Phi) is 9.73. The average molecular weight is 433 g/mol. The zero-order valence-corrected chi connectivity index (χ0v) is 19.8. The molecule has 2 bridgehead atoms. The number of rotatable bonds is 5. The van der Waals surface area contributed by atoms with Crippen molar-refractivity contribution in [3.63, 3.8) is 0 Å². The van der Waals surface area contributed by atoms with E-state index in [0.717, 1.165) is 29.5 Å². The smallest absolute Gasteiger partial charge is 0.306 e. The van der Waals surface area contributed by atoms with E-state index in [9.17, 15) is 15.0 Å². The normalized spacial score (nSPS) is 26.6. The molecule has 0 aliphatic carbocycles. The highest BCUT2D eigenvalue weighted by Crippen LogP contribution is 2.32. The molecule has 1 unspecified atom stereocenters. The average Bonchev–Trinajstić information content (AvgIpc) is 2.75. The van der Waals surface area contributed by atoms with Crippen LogP contribution < -0.4 is 0 Å². The summed E-state index contributed by atoms with van der Waals surface area (Å²) >= 11 is 0. The first kappa shape index (κ1) is 25.6. The standard InChI is InChI=1S/C26H40O5/c1-6-19(17-27)13-18(2)23-15-22(30-5)16-24(28)26(3,4)21-11-7-9-20(14-21)10-8-12-25(29)31-23/h7,9,11,13-14,19,22-24,27-28H,6,8,10,12,15-17H2,1-5H3/b18-13-/t19-,22-,23?,24+/m1/s1. The van der Waals surface area contributed by atoms with Gasteiger partial charge in [0.1, 0.15) is 6.10 Å². The molecular weight excluding hydrogens is 392 g/mol. The van der Waals surface area contributed by atoms with Crippen molar-refractivity contribution in [2.45, 2.75) is 89.9 Å². The van der Waals surface area contributed by atoms with E-state index in [2.05, 4.69) is 32.0 Å². The number of hydrogen-bond acceptors (Lipinski definition) is 5. The number of carbonyl (C=O) groups is 1. The van der Waals surface area contributed by atoms with Crippen LogP contribution in [0.15, 0.2) is 35.9 Å². The van der Waals surface area contributed by atoms with E-state index in [-0.39, 0.29) is 24.6 Å². The summed E-state index contributed by atoms with van der Waals surface area (Å²) in [6.45, 7) is 8.15. The summed E-state index contributed by atoms with van der Waals surface area (Å²) in [5, 5.41) is 20.7. The zero-order valence-electron chi connectivity index (χ0n) is 19.8. The maximum absolute atomic E-state index is 12.6. The summed E-state index contributed by atoms with van der Waals surface area (Å²) in [5.41, 5.74) is 2.74. The lowest BCUT2D eigenvalue weighted by molar-refractivity contribution is -0.149. The molecule has 4 atom stereocenters. The van der Waals surface area contributed by atoms with Gasteiger partial charge < -0.3 is 19.7 Å². The van der Waals surface area contributed by atoms with E-state index in [1.165, 1.54) is 0 Å². The van der Waals surface area contributed by atoms with E-state index in [1.54, 1.807) is 7.11 Å². The molecular formula is C26H40O5. The number of methoxy groups -OCH3 is 1. The molecule has 1 aliphatic rings. The summed E-state index contributed by atoms with van der Waals surface area (Å²) in [6, 6.07) is 8.28. The number of esters is 1. The fourth-order valence-electron chi connectivity index (χ4n) is 4.15. The molecule has 1 aromatic rings. The van der Waals surface area contributed by atoms with E-state index in [1.807, 2.05) is 26.0 Å². The highest BCUT2D eigenvalue weighted by atomic mass is 16.5. The molecule has 0 amide bonds. The monoisotopic (exact) mass is 432 g/mol. The molecule has 174 valence electrons. The Bertz CT molecular complexity index is 735. The number of aliphatic hydroxyl groups is 2. The summed E-state index contributed by atoms with van der Waals surface area (Å²) in [7, 11) is 1.63. The predicted octanol–water partition coefficient (Wildman–Crippen LogP) is 4.33. The topological polar surface area (TPSA) is 76.0 Å². The Morgan fingerprint density at radius 1 is 1.32 bits per heavy atom. The molecule has 0 saturated heterocycles. The zero-order chi connectivity index (χ0) is 23.0. The Labute approximate surface area is 187 Å². The highest BCUT2D eigenvalue weighted by Gasteiger charge is 2.33. The molecule has 0 aromatic heterocycles. The first-order valence-electron chi connectivity index (χ1n) is 11.5. The molecule has 31 heavy (non-hydrogen) atoms. The lowest BCUT2D eigenvalue weighted by Gasteiger charge is -2.34. The minimum atomic E-state index is -0.614. The number of fused-ring (bicyclic) bond motifs is 2. The molecule has 0 saturated carbocycles. The van der Waals surface area contributed by atoms with Crippen molar-refractivity contribution >= 4 is 5.97 Å². The fourth-order valence-corrected chi connectivity index (χ4v) is 4.15. The maximum Gasteiger partial charge on any atom is 0.306 e. The minimum Gasteiger partial charge on any atom is -0.458 e. The number of benzene rings is 1. The fraction of sp³-hybridized carbons (Fsp3) is 0.654. The first-order valence-corrected chi connectivity index (χ1v) is 11.5. The van der Waals surface area contributed by atoms with Gasteiger partial charge in [-0.15, -0.1) is 0 Å². The van der Waals surface area contributed by atoms with Gasteiger partial charge in [-0.25, -0.2) is 0 Å². The van der Waals surface area contributed by atoms with Crippen molar-refractivity contribution in [2.75, 3.05) is 13.7 Å². The van der Waals surface area contributed by atoms with Gasteiger partial charge >= 0.3 is 5.97 Å². The number of ether oxygens (including phenoxy) is 2. The summed E-state index contributed by atoms with van der Waals surface area (Å²) in [6.07, 6.45) is 4.26. The third-order valence-corrected chi connectivity index (χ3v) is 6.69. The van der Waals surface area contributed by atoms with Crippen LogP contribution in [0, 0.1) is 5.92 Å². The van der Waals surface area contributed by atoms with Gasteiger partial charge in [-0.05, 0) is 42.9 Å². The Hall–Kier alpha value is -1.69. The molecule has 1 aromatic carbocycles. The Morgan fingerprint density at radius 2 is 2.06 bits per heavy atom. The third-order valence-electron chi connectivity index (χ3n) is 6.69. The van der Waals surface area contributed by atoms with Gasteiger partial charge in [0, 0.05) is 44.3 Å². The summed E-state index contributed by atoms with van der Waals surface area (Å²) < 4.78 is 11.6. The molecule has 2 rings (SSSR count). The molecule has 5 heteroatoms. The second kappa shape index (κ2) is 11.8. The van der Waals surface area contributed by atoms with E-state index >= 15 is 0 Å². The van der Waals surface area contributed by atoms with Crippen molar-refractivity contribution in [1.82, 2.24) is 0 Å². The lowest BCUT2D eigenvalue weighted by atomic mass is 9.76. The van der Waals surface area contributed by atoms with Gasteiger partial charge in [0.2, 0.25) is 0 Å². The van der Waals surface area contributed by atoms with Crippen molar-refractivity contribution in [3.05, 3.63) is 47.0 Å². The van der Waals surface area contributed by atoms with Crippen LogP contribution in [0.4, 0.5) is 0 Å². The quantitative estimate of drug-likeness (QED) is 0.535. The molecule has 5 nitrogen and oxygen atoms in total. The van der Waals surface area contributed by atoms with Gasteiger partial charge in [-0.3, -0.25) is 4.79 Å². The molecule has 1 heterocycles. The molecule has 0 spiro atoms. The minimum absolute atomic E-state index is 0.0300. The van der Waals surface area contributed by atoms with Crippen LogP contribution in [0.2, 0.25) is 0 Å². The summed E-state index contributed by atoms with van der Waals surface area (Å²) in [5.74, 6) is -0.193. The van der Waals surface area contributed by atoms with Crippen LogP contribution in [0.25, 0.3) is 0 Å². The number of hydrogen-bond donors (Lipinski definition) is 2. The van der Waals surface area contributed by atoms with Crippen molar-refractivity contribution in [1.29, 1.82) is 0 Å². The molecule has 0 fully saturated rings. The first-order chi connectivity index (χ1) is 14.7. The van der Waals surface area contributed by atoms with Crippen molar-refractivity contribution in [3.8, 4) is 0 Å². The summed E-state index contributed by atoms with van der Waals surface area (Å²) in [4.78, 5) is 12.6. The lowest BCUT2D eigenvalue weighted by Crippen LogP contribution is -2.38. The van der Waals surface area contributed by atoms with Gasteiger partial charge in [0.25, 0.3) is 0 Å². The predicted molar refractivity (Wildman–Crippen MR) is 123 cm³/mol. The number of carbonyl (C=O) groups excluding carboxylic acids is 1. The molecule has 0 radical (unpaired) electrons. The van der Waals surface area contributed by atoms with Gasteiger partial charge in [0.15, 0.2) is 0 Å². The van der Waals surface area contributed by atoms with Crippen LogP contribution >= 0.6 is 0 Å². The Morgan fingerprint density at radius 3 is 2.71 bits per heavy atom. The molecule has 2 N–H and O–H groups in total. The van der Waals surface area contributed by atoms with Crippen LogP contribution in [-0.4, -0.2) is 48.2 Å². The number of aliphatic hydroxyl groups excluding tert-OH is 2. The maximum atomic E-state index is 12.6. The second-order valence-corrected chi connectivity index (χ2v) is 9.36. The number of cyclic esters (lactones) is 1. The van der Waals surface area contributed by atoms with Crippen LogP contribution in [0.3, 0.4) is 0 Å².